The molecule has 5 nitrogen and oxygen atoms in total. The van der Waals surface area contributed by atoms with Gasteiger partial charge < -0.3 is 10.4 Å². The highest BCUT2D eigenvalue weighted by molar-refractivity contribution is 5.95. The lowest BCUT2D eigenvalue weighted by Crippen LogP contribution is -2.25. The van der Waals surface area contributed by atoms with Crippen molar-refractivity contribution in [1.29, 1.82) is 0 Å². The average molecular weight is 277 g/mol. The Kier molecular flexibility index (Phi) is 4.57. The predicted molar refractivity (Wildman–Crippen MR) is 78.2 cm³/mol. The van der Waals surface area contributed by atoms with Gasteiger partial charge in [-0.2, -0.15) is 5.10 Å². The number of hydrogen-bond donors (Lipinski definition) is 2. The van der Waals surface area contributed by atoms with Crippen molar-refractivity contribution in [1.82, 2.24) is 10.2 Å². The fraction of sp³-hybridized carbons (Fsp3) is 0.667. The Bertz CT molecular complexity index is 502. The zero-order valence-electron chi connectivity index (χ0n) is 12.4. The van der Waals surface area contributed by atoms with Crippen molar-refractivity contribution in [3.05, 3.63) is 16.8 Å². The first kappa shape index (κ1) is 14.8. The molecule has 2 unspecified atom stereocenters. The third-order valence-electron chi connectivity index (χ3n) is 4.24. The normalized spacial score (nSPS) is 21.9. The largest absolute Gasteiger partial charge is 0.478 e. The summed E-state index contributed by atoms with van der Waals surface area (Å²) >= 11 is 0. The van der Waals surface area contributed by atoms with Crippen LogP contribution in [0.3, 0.4) is 0 Å². The number of hydrogen-bond acceptors (Lipinski definition) is 4. The SMILES string of the molecule is CCc1nnc(NC2CCCC2C)c(C(=O)O)c1CC. The lowest BCUT2D eigenvalue weighted by Gasteiger charge is -2.20. The summed E-state index contributed by atoms with van der Waals surface area (Å²) in [5, 5.41) is 21.2. The number of nitrogens with zero attached hydrogens (tertiary/aromatic N) is 2. The first-order chi connectivity index (χ1) is 9.58. The molecule has 1 aliphatic rings. The summed E-state index contributed by atoms with van der Waals surface area (Å²) in [6.45, 7) is 6.13. The van der Waals surface area contributed by atoms with Crippen molar-refractivity contribution in [3.63, 3.8) is 0 Å². The molecule has 0 aliphatic heterocycles. The number of anilines is 1. The minimum absolute atomic E-state index is 0.304. The third-order valence-corrected chi connectivity index (χ3v) is 4.24. The second-order valence-corrected chi connectivity index (χ2v) is 5.52. The van der Waals surface area contributed by atoms with E-state index < -0.39 is 5.97 Å². The van der Waals surface area contributed by atoms with E-state index in [-0.39, 0.29) is 0 Å². The molecule has 20 heavy (non-hydrogen) atoms. The molecule has 0 spiro atoms. The quantitative estimate of drug-likeness (QED) is 0.865. The van der Waals surface area contributed by atoms with Crippen LogP contribution in [0.5, 0.6) is 0 Å². The zero-order valence-corrected chi connectivity index (χ0v) is 12.4. The van der Waals surface area contributed by atoms with E-state index in [9.17, 15) is 9.90 Å². The number of rotatable bonds is 5. The summed E-state index contributed by atoms with van der Waals surface area (Å²) in [6.07, 6.45) is 4.80. The minimum atomic E-state index is -0.917. The maximum atomic E-state index is 11.6. The standard InChI is InChI=1S/C15H23N3O2/c1-4-10-11(5-2)17-18-14(13(10)15(19)20)16-12-8-6-7-9(12)3/h9,12H,4-8H2,1-3H3,(H,16,18)(H,19,20). The summed E-state index contributed by atoms with van der Waals surface area (Å²) in [4.78, 5) is 11.6. The molecule has 1 saturated carbocycles. The molecular weight excluding hydrogens is 254 g/mol. The Morgan fingerprint density at radius 1 is 1.30 bits per heavy atom. The van der Waals surface area contributed by atoms with Gasteiger partial charge in [0, 0.05) is 6.04 Å². The Labute approximate surface area is 119 Å². The fourth-order valence-electron chi connectivity index (χ4n) is 3.04. The van der Waals surface area contributed by atoms with Crippen molar-refractivity contribution < 1.29 is 9.90 Å². The Morgan fingerprint density at radius 3 is 2.55 bits per heavy atom. The van der Waals surface area contributed by atoms with Crippen LogP contribution in [-0.4, -0.2) is 27.3 Å². The van der Waals surface area contributed by atoms with E-state index >= 15 is 0 Å². The molecule has 5 heteroatoms. The number of carbonyl (C=O) groups is 1. The molecule has 1 fully saturated rings. The van der Waals surface area contributed by atoms with Gasteiger partial charge in [-0.25, -0.2) is 4.79 Å². The highest BCUT2D eigenvalue weighted by atomic mass is 16.4. The van der Waals surface area contributed by atoms with Crippen LogP contribution in [0, 0.1) is 5.92 Å². The van der Waals surface area contributed by atoms with Gasteiger partial charge in [0.1, 0.15) is 5.56 Å². The molecule has 0 saturated heterocycles. The molecule has 2 rings (SSSR count). The van der Waals surface area contributed by atoms with Crippen molar-refractivity contribution in [2.75, 3.05) is 5.32 Å². The van der Waals surface area contributed by atoms with Crippen LogP contribution in [0.1, 0.15) is 61.6 Å². The molecule has 0 radical (unpaired) electrons. The summed E-state index contributed by atoms with van der Waals surface area (Å²) in [7, 11) is 0. The van der Waals surface area contributed by atoms with Crippen molar-refractivity contribution in [2.24, 2.45) is 5.92 Å². The summed E-state index contributed by atoms with van der Waals surface area (Å²) in [6, 6.07) is 0.305. The monoisotopic (exact) mass is 277 g/mol. The van der Waals surface area contributed by atoms with Crippen molar-refractivity contribution in [3.8, 4) is 0 Å². The lowest BCUT2D eigenvalue weighted by atomic mass is 10.0. The van der Waals surface area contributed by atoms with E-state index in [4.69, 9.17) is 0 Å². The number of aromatic nitrogens is 2. The zero-order chi connectivity index (χ0) is 14.7. The van der Waals surface area contributed by atoms with E-state index in [2.05, 4.69) is 22.4 Å². The van der Waals surface area contributed by atoms with Gasteiger partial charge in [-0.05, 0) is 37.2 Å². The van der Waals surface area contributed by atoms with Gasteiger partial charge >= 0.3 is 5.97 Å². The molecule has 0 amide bonds. The number of carboxylic acid groups (broad SMARTS) is 1. The van der Waals surface area contributed by atoms with Gasteiger partial charge in [-0.1, -0.05) is 27.2 Å². The Balaban J connectivity index is 2.39. The highest BCUT2D eigenvalue weighted by Gasteiger charge is 2.27. The Hall–Kier alpha value is -1.65. The van der Waals surface area contributed by atoms with Gasteiger partial charge in [-0.15, -0.1) is 5.10 Å². The fourth-order valence-corrected chi connectivity index (χ4v) is 3.04. The predicted octanol–water partition coefficient (Wildman–Crippen LogP) is 2.90. The molecule has 2 N–H and O–H groups in total. The maximum absolute atomic E-state index is 11.6. The topological polar surface area (TPSA) is 75.1 Å². The van der Waals surface area contributed by atoms with Gasteiger partial charge in [0.2, 0.25) is 0 Å². The van der Waals surface area contributed by atoms with E-state index in [0.717, 1.165) is 17.7 Å². The molecular formula is C15H23N3O2. The van der Waals surface area contributed by atoms with Gasteiger partial charge in [0.05, 0.1) is 5.69 Å². The van der Waals surface area contributed by atoms with Crippen LogP contribution in [0.25, 0.3) is 0 Å². The van der Waals surface area contributed by atoms with E-state index in [0.29, 0.717) is 36.2 Å². The van der Waals surface area contributed by atoms with Gasteiger partial charge in [0.25, 0.3) is 0 Å². The second-order valence-electron chi connectivity index (χ2n) is 5.52. The summed E-state index contributed by atoms with van der Waals surface area (Å²) in [5.41, 5.74) is 1.90. The van der Waals surface area contributed by atoms with E-state index in [1.165, 1.54) is 12.8 Å². The third kappa shape index (κ3) is 2.76. The molecule has 0 bridgehead atoms. The molecule has 0 aromatic carbocycles. The lowest BCUT2D eigenvalue weighted by molar-refractivity contribution is 0.0696. The first-order valence-electron chi connectivity index (χ1n) is 7.46. The van der Waals surface area contributed by atoms with Crippen LogP contribution in [0.4, 0.5) is 5.82 Å². The highest BCUT2D eigenvalue weighted by Crippen LogP contribution is 2.29. The van der Waals surface area contributed by atoms with E-state index in [1.807, 2.05) is 13.8 Å². The number of carboxylic acids is 1. The smallest absolute Gasteiger partial charge is 0.339 e. The van der Waals surface area contributed by atoms with Crippen LogP contribution < -0.4 is 5.32 Å². The molecule has 2 atom stereocenters. The van der Waals surface area contributed by atoms with Crippen LogP contribution in [-0.2, 0) is 12.8 Å². The van der Waals surface area contributed by atoms with Crippen LogP contribution >= 0.6 is 0 Å². The molecule has 1 aromatic heterocycles. The maximum Gasteiger partial charge on any atom is 0.339 e. The van der Waals surface area contributed by atoms with Crippen molar-refractivity contribution in [2.45, 2.75) is 58.9 Å². The van der Waals surface area contributed by atoms with Gasteiger partial charge in [0.15, 0.2) is 5.82 Å². The summed E-state index contributed by atoms with van der Waals surface area (Å²) in [5.74, 6) is 0.0688. The molecule has 110 valence electrons. The summed E-state index contributed by atoms with van der Waals surface area (Å²) < 4.78 is 0. The minimum Gasteiger partial charge on any atom is -0.478 e. The molecule has 1 aromatic rings. The number of nitrogens with one attached hydrogen (secondary N) is 1. The number of aryl methyl sites for hydroxylation is 1. The van der Waals surface area contributed by atoms with Crippen LogP contribution in [0.2, 0.25) is 0 Å². The van der Waals surface area contributed by atoms with Crippen LogP contribution in [0.15, 0.2) is 0 Å². The second kappa shape index (κ2) is 6.20. The first-order valence-corrected chi connectivity index (χ1v) is 7.46. The van der Waals surface area contributed by atoms with Crippen molar-refractivity contribution >= 4 is 11.8 Å². The molecule has 1 heterocycles. The molecule has 1 aliphatic carbocycles. The Morgan fingerprint density at radius 2 is 2.05 bits per heavy atom. The average Bonchev–Trinajstić information content (AvgIpc) is 2.83. The number of aromatic carboxylic acids is 1. The van der Waals surface area contributed by atoms with Gasteiger partial charge in [-0.3, -0.25) is 0 Å². The van der Waals surface area contributed by atoms with E-state index in [1.54, 1.807) is 0 Å².